The Kier molecular flexibility index (Phi) is 6.11. The predicted molar refractivity (Wildman–Crippen MR) is 159 cm³/mol. The van der Waals surface area contributed by atoms with Gasteiger partial charge in [-0.15, -0.1) is 0 Å². The predicted octanol–water partition coefficient (Wildman–Crippen LogP) is 5.73. The van der Waals surface area contributed by atoms with Crippen molar-refractivity contribution in [1.82, 2.24) is 20.1 Å². The third-order valence-corrected chi connectivity index (χ3v) is 10.6. The molecule has 2 N–H and O–H groups in total. The first-order valence-electron chi connectivity index (χ1n) is 15.5. The van der Waals surface area contributed by atoms with Crippen molar-refractivity contribution in [3.05, 3.63) is 48.4 Å². The van der Waals surface area contributed by atoms with E-state index in [1.807, 2.05) is 19.1 Å². The molecule has 42 heavy (non-hydrogen) atoms. The summed E-state index contributed by atoms with van der Waals surface area (Å²) in [4.78, 5) is 30.0. The Bertz CT molecular complexity index is 1460. The molecule has 0 aliphatic heterocycles. The minimum atomic E-state index is -0.302. The van der Waals surface area contributed by atoms with Gasteiger partial charge in [-0.25, -0.2) is 9.97 Å². The molecule has 4 bridgehead atoms. The van der Waals surface area contributed by atoms with Crippen molar-refractivity contribution >= 4 is 11.6 Å². The molecule has 9 nitrogen and oxygen atoms in total. The van der Waals surface area contributed by atoms with Gasteiger partial charge >= 0.3 is 6.01 Å². The van der Waals surface area contributed by atoms with E-state index in [-0.39, 0.29) is 33.1 Å². The summed E-state index contributed by atoms with van der Waals surface area (Å²) in [5.74, 6) is 1.82. The van der Waals surface area contributed by atoms with Crippen LogP contribution in [0.5, 0.6) is 6.01 Å². The second kappa shape index (κ2) is 9.33. The van der Waals surface area contributed by atoms with Crippen LogP contribution in [-0.2, 0) is 15.6 Å². The van der Waals surface area contributed by atoms with Gasteiger partial charge in [0.15, 0.2) is 5.82 Å². The Morgan fingerprint density at radius 2 is 1.69 bits per heavy atom. The van der Waals surface area contributed by atoms with Gasteiger partial charge < -0.3 is 19.9 Å². The van der Waals surface area contributed by atoms with Gasteiger partial charge in [0.1, 0.15) is 0 Å². The Hall–Kier alpha value is -3.33. The van der Waals surface area contributed by atoms with E-state index in [9.17, 15) is 4.79 Å². The van der Waals surface area contributed by atoms with E-state index >= 15 is 0 Å². The molecular weight excluding hydrogens is 528 g/mol. The SMILES string of the molecule is CCOc1ncc(-c2cccc(N(CC34CCC(c5nc(C(C)(C)C)no5)(CC3)CC4)C(=O)C34CC(N)(C3)C4)c2)cn1. The number of benzene rings is 1. The van der Waals surface area contributed by atoms with Crippen molar-refractivity contribution < 1.29 is 14.1 Å². The van der Waals surface area contributed by atoms with Crippen LogP contribution in [0.3, 0.4) is 0 Å². The van der Waals surface area contributed by atoms with Crippen LogP contribution in [0.4, 0.5) is 5.69 Å². The largest absolute Gasteiger partial charge is 0.464 e. The minimum absolute atomic E-state index is 0.0412. The van der Waals surface area contributed by atoms with Crippen LogP contribution in [0.1, 0.15) is 97.2 Å². The second-order valence-electron chi connectivity index (χ2n) is 14.8. The van der Waals surface area contributed by atoms with Crippen molar-refractivity contribution in [2.45, 2.75) is 102 Å². The molecule has 0 atom stereocenters. The Balaban J connectivity index is 1.15. The first kappa shape index (κ1) is 27.5. The van der Waals surface area contributed by atoms with E-state index in [1.165, 1.54) is 0 Å². The quantitative estimate of drug-likeness (QED) is 0.365. The molecule has 9 rings (SSSR count). The number of anilines is 1. The van der Waals surface area contributed by atoms with Gasteiger partial charge in [-0.2, -0.15) is 4.98 Å². The molecule has 1 aromatic carbocycles. The van der Waals surface area contributed by atoms with Gasteiger partial charge in [0.2, 0.25) is 11.8 Å². The summed E-state index contributed by atoms with van der Waals surface area (Å²) in [6.07, 6.45) is 12.1. The van der Waals surface area contributed by atoms with Gasteiger partial charge in [-0.05, 0) is 87.8 Å². The molecule has 0 spiro atoms. The summed E-state index contributed by atoms with van der Waals surface area (Å²) in [6.45, 7) is 9.52. The normalized spacial score (nSPS) is 31.3. The first-order chi connectivity index (χ1) is 20.0. The van der Waals surface area contributed by atoms with E-state index in [4.69, 9.17) is 20.0 Å². The number of hydrogen-bond acceptors (Lipinski definition) is 8. The summed E-state index contributed by atoms with van der Waals surface area (Å²) < 4.78 is 11.3. The summed E-state index contributed by atoms with van der Waals surface area (Å²) in [6, 6.07) is 8.62. The van der Waals surface area contributed by atoms with Crippen LogP contribution in [-0.4, -0.2) is 44.7 Å². The maximum atomic E-state index is 14.3. The summed E-state index contributed by atoms with van der Waals surface area (Å²) in [7, 11) is 0. The molecule has 6 aliphatic rings. The topological polar surface area (TPSA) is 120 Å². The number of nitrogens with zero attached hydrogens (tertiary/aromatic N) is 5. The van der Waals surface area contributed by atoms with Crippen molar-refractivity contribution in [2.75, 3.05) is 18.1 Å². The van der Waals surface area contributed by atoms with Crippen molar-refractivity contribution in [1.29, 1.82) is 0 Å². The van der Waals surface area contributed by atoms with E-state index in [0.29, 0.717) is 12.6 Å². The number of nitrogens with two attached hydrogens (primary N) is 1. The Morgan fingerprint density at radius 1 is 1.02 bits per heavy atom. The number of carbonyl (C=O) groups is 1. The molecule has 3 aromatic rings. The molecule has 222 valence electrons. The lowest BCUT2D eigenvalue weighted by atomic mass is 9.39. The zero-order valence-electron chi connectivity index (χ0n) is 25.3. The van der Waals surface area contributed by atoms with Crippen LogP contribution in [0, 0.1) is 10.8 Å². The van der Waals surface area contributed by atoms with Crippen molar-refractivity contribution in [2.24, 2.45) is 16.6 Å². The number of amides is 1. The summed E-state index contributed by atoms with van der Waals surface area (Å²) >= 11 is 0. The molecule has 2 aromatic heterocycles. The molecule has 1 amide bonds. The van der Waals surface area contributed by atoms with E-state index in [2.05, 4.69) is 52.9 Å². The summed E-state index contributed by atoms with van der Waals surface area (Å²) in [5, 5.41) is 4.34. The number of fused-ring (bicyclic) bond motifs is 3. The maximum absolute atomic E-state index is 14.3. The lowest BCUT2D eigenvalue weighted by Crippen LogP contribution is -2.76. The van der Waals surface area contributed by atoms with E-state index in [1.54, 1.807) is 12.4 Å². The fraction of sp³-hybridized carbons (Fsp3) is 0.606. The van der Waals surface area contributed by atoms with Gasteiger partial charge in [-0.3, -0.25) is 4.79 Å². The van der Waals surface area contributed by atoms with Crippen LogP contribution >= 0.6 is 0 Å². The molecule has 6 saturated carbocycles. The highest BCUT2D eigenvalue weighted by atomic mass is 16.5. The van der Waals surface area contributed by atoms with Gasteiger partial charge in [0.25, 0.3) is 0 Å². The van der Waals surface area contributed by atoms with Crippen LogP contribution in [0.25, 0.3) is 11.1 Å². The molecule has 2 heterocycles. The molecule has 0 radical (unpaired) electrons. The zero-order chi connectivity index (χ0) is 29.4. The highest BCUT2D eigenvalue weighted by Crippen LogP contribution is 2.67. The standard InChI is InChI=1S/C33H42N6O3/c1-5-41-28-35-16-23(17-36-28)22-7-6-8-24(15-22)39(27(40)32-18-33(34,19-32)20-32)21-30-9-12-31(13-10-30,14-11-30)26-37-25(38-42-26)29(2,3)4/h6-8,15-17H,5,9-14,18-21,34H2,1-4H3. The van der Waals surface area contributed by atoms with Crippen LogP contribution in [0.2, 0.25) is 0 Å². The molecule has 6 fully saturated rings. The fourth-order valence-corrected chi connectivity index (χ4v) is 8.08. The lowest BCUT2D eigenvalue weighted by molar-refractivity contribution is -0.169. The Morgan fingerprint density at radius 3 is 2.26 bits per heavy atom. The smallest absolute Gasteiger partial charge is 0.316 e. The highest BCUT2D eigenvalue weighted by molar-refractivity contribution is 6.00. The molecule has 0 unspecified atom stereocenters. The monoisotopic (exact) mass is 570 g/mol. The average molecular weight is 571 g/mol. The number of aromatic nitrogens is 4. The van der Waals surface area contributed by atoms with Gasteiger partial charge in [0.05, 0.1) is 12.0 Å². The van der Waals surface area contributed by atoms with Gasteiger partial charge in [0, 0.05) is 46.6 Å². The maximum Gasteiger partial charge on any atom is 0.316 e. The zero-order valence-corrected chi connectivity index (χ0v) is 25.3. The highest BCUT2D eigenvalue weighted by Gasteiger charge is 2.70. The minimum Gasteiger partial charge on any atom is -0.464 e. The third-order valence-electron chi connectivity index (χ3n) is 10.6. The Labute approximate surface area is 247 Å². The third kappa shape index (κ3) is 4.43. The van der Waals surface area contributed by atoms with Crippen molar-refractivity contribution in [3.63, 3.8) is 0 Å². The molecule has 6 aliphatic carbocycles. The van der Waals surface area contributed by atoms with Crippen LogP contribution < -0.4 is 15.4 Å². The molecular formula is C33H42N6O3. The number of rotatable bonds is 8. The number of carbonyl (C=O) groups excluding carboxylic acids is 1. The van der Waals surface area contributed by atoms with E-state index in [0.717, 1.165) is 92.9 Å². The molecule has 9 heteroatoms. The first-order valence-corrected chi connectivity index (χ1v) is 15.5. The number of hydrogen-bond donors (Lipinski definition) is 1. The summed E-state index contributed by atoms with van der Waals surface area (Å²) in [5.41, 5.74) is 8.69. The molecule has 0 saturated heterocycles. The van der Waals surface area contributed by atoms with Crippen molar-refractivity contribution in [3.8, 4) is 17.1 Å². The lowest BCUT2D eigenvalue weighted by Gasteiger charge is -2.68. The van der Waals surface area contributed by atoms with Gasteiger partial charge in [-0.1, -0.05) is 38.1 Å². The van der Waals surface area contributed by atoms with E-state index < -0.39 is 0 Å². The fourth-order valence-electron chi connectivity index (χ4n) is 8.08. The second-order valence-corrected chi connectivity index (χ2v) is 14.8. The van der Waals surface area contributed by atoms with Crippen LogP contribution in [0.15, 0.2) is 41.2 Å². The number of ether oxygens (including phenoxy) is 1. The average Bonchev–Trinajstić information content (AvgIpc) is 3.48.